The van der Waals surface area contributed by atoms with Gasteiger partial charge in [-0.05, 0) is 52.0 Å². The fourth-order valence-electron chi connectivity index (χ4n) is 3.46. The average Bonchev–Trinajstić information content (AvgIpc) is 2.70. The minimum Gasteiger partial charge on any atom is -0.466 e. The molecule has 0 heterocycles. The summed E-state index contributed by atoms with van der Waals surface area (Å²) in [7, 11) is 0. The lowest BCUT2D eigenvalue weighted by atomic mass is 9.84. The second-order valence-electron chi connectivity index (χ2n) is 7.23. The maximum atomic E-state index is 12.1. The first kappa shape index (κ1) is 24.5. The van der Waals surface area contributed by atoms with Gasteiger partial charge in [-0.2, -0.15) is 0 Å². The van der Waals surface area contributed by atoms with E-state index in [0.29, 0.717) is 57.8 Å². The highest BCUT2D eigenvalue weighted by molar-refractivity contribution is 5.76. The number of rotatable bonds is 12. The van der Waals surface area contributed by atoms with Gasteiger partial charge in [0.15, 0.2) is 0 Å². The molecule has 6 heteroatoms. The average molecular weight is 396 g/mol. The van der Waals surface area contributed by atoms with Crippen LogP contribution in [0.4, 0.5) is 0 Å². The van der Waals surface area contributed by atoms with Crippen molar-refractivity contribution >= 4 is 11.9 Å². The summed E-state index contributed by atoms with van der Waals surface area (Å²) in [5.74, 6) is 5.88. The van der Waals surface area contributed by atoms with Gasteiger partial charge in [0, 0.05) is 19.3 Å². The maximum absolute atomic E-state index is 12.1. The van der Waals surface area contributed by atoms with E-state index in [0.717, 1.165) is 12.8 Å². The van der Waals surface area contributed by atoms with Gasteiger partial charge in [-0.25, -0.2) is 0 Å². The Morgan fingerprint density at radius 2 is 1.82 bits per heavy atom. The molecule has 0 spiro atoms. The Labute approximate surface area is 169 Å². The Balaban J connectivity index is 2.34. The van der Waals surface area contributed by atoms with Gasteiger partial charge in [0.1, 0.15) is 6.04 Å². The molecule has 160 valence electrons. The van der Waals surface area contributed by atoms with Crippen molar-refractivity contribution in [1.29, 1.82) is 0 Å². The van der Waals surface area contributed by atoms with E-state index in [1.165, 1.54) is 19.3 Å². The van der Waals surface area contributed by atoms with Crippen LogP contribution in [0, 0.1) is 17.8 Å². The lowest BCUT2D eigenvalue weighted by Crippen LogP contribution is -2.40. The molecule has 28 heavy (non-hydrogen) atoms. The van der Waals surface area contributed by atoms with Gasteiger partial charge in [0.05, 0.1) is 19.3 Å². The lowest BCUT2D eigenvalue weighted by Gasteiger charge is -2.27. The van der Waals surface area contributed by atoms with Crippen LogP contribution in [0.15, 0.2) is 0 Å². The van der Waals surface area contributed by atoms with Crippen LogP contribution >= 0.6 is 0 Å². The normalized spacial score (nSPS) is 16.5. The summed E-state index contributed by atoms with van der Waals surface area (Å²) in [5, 5.41) is 13.6. The molecule has 1 saturated carbocycles. The molecular formula is C22H37NO5. The van der Waals surface area contributed by atoms with Crippen LogP contribution in [0.2, 0.25) is 0 Å². The smallest absolute Gasteiger partial charge is 0.324 e. The third kappa shape index (κ3) is 10.7. The number of esters is 2. The zero-order valence-electron chi connectivity index (χ0n) is 17.5. The fraction of sp³-hybridized carbons (Fsp3) is 0.818. The number of nitrogens with one attached hydrogen (secondary N) is 1. The van der Waals surface area contributed by atoms with Gasteiger partial charge in [0.2, 0.25) is 0 Å². The van der Waals surface area contributed by atoms with Crippen LogP contribution in [0.3, 0.4) is 0 Å². The Bertz CT molecular complexity index is 505. The molecule has 0 aromatic rings. The van der Waals surface area contributed by atoms with Crippen molar-refractivity contribution in [1.82, 2.24) is 5.32 Å². The van der Waals surface area contributed by atoms with E-state index >= 15 is 0 Å². The number of aliphatic hydroxyl groups excluding tert-OH is 1. The first-order chi connectivity index (χ1) is 13.6. The summed E-state index contributed by atoms with van der Waals surface area (Å²) in [6, 6.07) is -0.490. The summed E-state index contributed by atoms with van der Waals surface area (Å²) in [6.07, 6.45) is 8.14. The summed E-state index contributed by atoms with van der Waals surface area (Å²) < 4.78 is 10.00. The minimum atomic E-state index is -0.490. The van der Waals surface area contributed by atoms with E-state index < -0.39 is 6.04 Å². The Kier molecular flexibility index (Phi) is 13.4. The Morgan fingerprint density at radius 1 is 1.11 bits per heavy atom. The lowest BCUT2D eigenvalue weighted by molar-refractivity contribution is -0.145. The molecular weight excluding hydrogens is 358 g/mol. The summed E-state index contributed by atoms with van der Waals surface area (Å²) in [4.78, 5) is 23.4. The molecule has 0 bridgehead atoms. The number of carbonyl (C=O) groups excluding carboxylic acids is 2. The SMILES string of the molecule is CCOC(=O)CCCC#CCC(NCCC(O)C1CCCCC1)C(=O)OCC. The molecule has 2 unspecified atom stereocenters. The number of hydrogen-bond donors (Lipinski definition) is 2. The topological polar surface area (TPSA) is 84.9 Å². The van der Waals surface area contributed by atoms with Crippen molar-refractivity contribution in [3.63, 3.8) is 0 Å². The largest absolute Gasteiger partial charge is 0.466 e. The van der Waals surface area contributed by atoms with Crippen molar-refractivity contribution < 1.29 is 24.2 Å². The second kappa shape index (κ2) is 15.4. The first-order valence-electron chi connectivity index (χ1n) is 10.8. The minimum absolute atomic E-state index is 0.202. The van der Waals surface area contributed by atoms with Gasteiger partial charge >= 0.3 is 11.9 Å². The number of ether oxygens (including phenoxy) is 2. The van der Waals surface area contributed by atoms with E-state index in [2.05, 4.69) is 17.2 Å². The Morgan fingerprint density at radius 3 is 2.50 bits per heavy atom. The van der Waals surface area contributed by atoms with Gasteiger partial charge < -0.3 is 19.9 Å². The molecule has 0 amide bonds. The van der Waals surface area contributed by atoms with E-state index in [4.69, 9.17) is 9.47 Å². The standard InChI is InChI=1S/C22H37NO5/c1-3-27-21(25)15-11-6-5-10-14-19(22(26)28-4-2)23-17-16-20(24)18-12-8-7-9-13-18/h18-20,23-24H,3-4,6-9,11-17H2,1-2H3. The third-order valence-corrected chi connectivity index (χ3v) is 5.02. The summed E-state index contributed by atoms with van der Waals surface area (Å²) >= 11 is 0. The molecule has 1 fully saturated rings. The quantitative estimate of drug-likeness (QED) is 0.300. The fourth-order valence-corrected chi connectivity index (χ4v) is 3.46. The highest BCUT2D eigenvalue weighted by Gasteiger charge is 2.23. The van der Waals surface area contributed by atoms with E-state index in [1.54, 1.807) is 13.8 Å². The number of hydrogen-bond acceptors (Lipinski definition) is 6. The molecule has 6 nitrogen and oxygen atoms in total. The summed E-state index contributed by atoms with van der Waals surface area (Å²) in [6.45, 7) is 4.85. The predicted octanol–water partition coefficient (Wildman–Crippen LogP) is 2.97. The van der Waals surface area contributed by atoms with Crippen molar-refractivity contribution in [2.45, 2.75) is 90.2 Å². The van der Waals surface area contributed by atoms with E-state index in [-0.39, 0.29) is 18.0 Å². The van der Waals surface area contributed by atoms with Crippen LogP contribution in [-0.4, -0.2) is 48.9 Å². The highest BCUT2D eigenvalue weighted by atomic mass is 16.5. The molecule has 1 rings (SSSR count). The molecule has 0 aliphatic heterocycles. The van der Waals surface area contributed by atoms with Crippen molar-refractivity contribution in [3.8, 4) is 11.8 Å². The first-order valence-corrected chi connectivity index (χ1v) is 10.8. The van der Waals surface area contributed by atoms with Crippen molar-refractivity contribution in [2.24, 2.45) is 5.92 Å². The van der Waals surface area contributed by atoms with Crippen LogP contribution in [0.5, 0.6) is 0 Å². The molecule has 1 aliphatic rings. The van der Waals surface area contributed by atoms with Crippen molar-refractivity contribution in [2.75, 3.05) is 19.8 Å². The number of unbranched alkanes of at least 4 members (excludes halogenated alkanes) is 1. The van der Waals surface area contributed by atoms with Gasteiger partial charge in [-0.15, -0.1) is 11.8 Å². The monoisotopic (exact) mass is 395 g/mol. The zero-order chi connectivity index (χ0) is 20.6. The molecule has 2 atom stereocenters. The summed E-state index contributed by atoms with van der Waals surface area (Å²) in [5.41, 5.74) is 0. The van der Waals surface area contributed by atoms with Crippen molar-refractivity contribution in [3.05, 3.63) is 0 Å². The molecule has 0 radical (unpaired) electrons. The highest BCUT2D eigenvalue weighted by Crippen LogP contribution is 2.27. The van der Waals surface area contributed by atoms with Crippen LogP contribution in [0.1, 0.15) is 78.1 Å². The molecule has 1 aliphatic carbocycles. The molecule has 0 aromatic carbocycles. The van der Waals surface area contributed by atoms with Gasteiger partial charge in [-0.3, -0.25) is 9.59 Å². The van der Waals surface area contributed by atoms with Crippen LogP contribution in [-0.2, 0) is 19.1 Å². The molecule has 0 saturated heterocycles. The zero-order valence-corrected chi connectivity index (χ0v) is 17.5. The maximum Gasteiger partial charge on any atom is 0.324 e. The Hall–Kier alpha value is -1.58. The van der Waals surface area contributed by atoms with E-state index in [9.17, 15) is 14.7 Å². The van der Waals surface area contributed by atoms with Crippen LogP contribution < -0.4 is 5.32 Å². The second-order valence-corrected chi connectivity index (χ2v) is 7.23. The third-order valence-electron chi connectivity index (χ3n) is 5.02. The molecule has 2 N–H and O–H groups in total. The number of aliphatic hydroxyl groups is 1. The predicted molar refractivity (Wildman–Crippen MR) is 108 cm³/mol. The van der Waals surface area contributed by atoms with Gasteiger partial charge in [-0.1, -0.05) is 19.3 Å². The van der Waals surface area contributed by atoms with E-state index in [1.807, 2.05) is 0 Å². The number of carbonyl (C=O) groups is 2. The van der Waals surface area contributed by atoms with Crippen LogP contribution in [0.25, 0.3) is 0 Å². The molecule has 0 aromatic heterocycles. The van der Waals surface area contributed by atoms with Gasteiger partial charge in [0.25, 0.3) is 0 Å².